The lowest BCUT2D eigenvalue weighted by atomic mass is 10.0. The summed E-state index contributed by atoms with van der Waals surface area (Å²) in [6.45, 7) is 6.98. The smallest absolute Gasteiger partial charge is 0.456 e. The van der Waals surface area contributed by atoms with Crippen LogP contribution < -0.4 is 5.32 Å². The Balaban J connectivity index is 5.00. The summed E-state index contributed by atoms with van der Waals surface area (Å²) >= 11 is 0. The zero-order valence-corrected chi connectivity index (χ0v) is 56.3. The molecule has 0 radical (unpaired) electrons. The maximum absolute atomic E-state index is 13.6. The third-order valence-electron chi connectivity index (χ3n) is 15.6. The number of allylic oxidation sites excluding steroid dienone is 11. The predicted molar refractivity (Wildman–Crippen MR) is 360 cm³/mol. The molecule has 0 aromatic rings. The SMILES string of the molecule is CCCCC/C=C\C/C=C\C/C=C\CCCCCCCCC(=O)OC(/C=C\CCCCCCCCCCC)C(COP(=O)(O)OCC[N+](C)(C)C)NC(=O)CCCCCCCCCCCCCCCCCCC/C=C\C/C=C\CCCCC. The van der Waals surface area contributed by atoms with Gasteiger partial charge in [-0.3, -0.25) is 18.6 Å². The quantitative estimate of drug-likeness (QED) is 0.0205. The number of hydrogen-bond acceptors (Lipinski definition) is 6. The number of esters is 1. The van der Waals surface area contributed by atoms with E-state index >= 15 is 0 Å². The molecule has 3 atom stereocenters. The Bertz CT molecular complexity index is 1650. The monoisotopic (exact) mass is 1180 g/mol. The van der Waals surface area contributed by atoms with Crippen LogP contribution in [0.15, 0.2) is 72.9 Å². The summed E-state index contributed by atoms with van der Waals surface area (Å²) in [4.78, 5) is 37.8. The first kappa shape index (κ1) is 80.5. The molecule has 484 valence electrons. The van der Waals surface area contributed by atoms with E-state index in [1.165, 1.54) is 205 Å². The third-order valence-corrected chi connectivity index (χ3v) is 16.6. The molecule has 0 bridgehead atoms. The van der Waals surface area contributed by atoms with Gasteiger partial charge in [-0.05, 0) is 102 Å². The van der Waals surface area contributed by atoms with Crippen molar-refractivity contribution in [1.82, 2.24) is 5.32 Å². The Morgan fingerprint density at radius 3 is 1.12 bits per heavy atom. The first-order chi connectivity index (χ1) is 40.4. The number of phosphoric acid groups is 1. The summed E-state index contributed by atoms with van der Waals surface area (Å²) < 4.78 is 30.8. The highest BCUT2D eigenvalue weighted by atomic mass is 31.2. The van der Waals surface area contributed by atoms with Crippen molar-refractivity contribution in [2.45, 2.75) is 341 Å². The van der Waals surface area contributed by atoms with Gasteiger partial charge in [0.15, 0.2) is 0 Å². The number of amides is 1. The standard InChI is InChI=1S/C73H135N2O7P/c1-7-10-13-16-19-22-25-27-29-31-33-34-35-36-37-38-39-40-42-43-45-47-50-53-56-59-62-65-72(76)74-70(69-81-83(78,79)80-68-67-75(4,5)6)71(64-61-58-55-52-49-24-21-18-15-12-9-3)82-73(77)66-63-60-57-54-51-48-46-44-41-32-30-28-26-23-20-17-14-11-8-2/h19-20,22-23,27-30,41,44,61,64,70-71H,7-18,21,24-26,31-40,42-43,45-60,62-63,65-69H2,1-6H3,(H-,74,76,78,79)/p+1/b22-19-,23-20-,29-27-,30-28-,44-41-,64-61-. The maximum atomic E-state index is 13.6. The molecule has 0 aromatic heterocycles. The van der Waals surface area contributed by atoms with Crippen molar-refractivity contribution in [3.63, 3.8) is 0 Å². The number of carbonyl (C=O) groups excluding carboxylic acids is 2. The Hall–Kier alpha value is -2.55. The van der Waals surface area contributed by atoms with Gasteiger partial charge in [-0.15, -0.1) is 0 Å². The third kappa shape index (κ3) is 63.8. The lowest BCUT2D eigenvalue weighted by Gasteiger charge is -2.27. The molecule has 0 rings (SSSR count). The summed E-state index contributed by atoms with van der Waals surface area (Å²) in [6.07, 6.45) is 82.0. The molecule has 0 saturated heterocycles. The van der Waals surface area contributed by atoms with Crippen molar-refractivity contribution in [3.05, 3.63) is 72.9 Å². The number of unbranched alkanes of at least 4 members (excludes halogenated alkanes) is 38. The molecule has 0 aromatic carbocycles. The number of nitrogens with one attached hydrogen (secondary N) is 1. The molecule has 0 fully saturated rings. The Labute approximate surface area is 514 Å². The first-order valence-electron chi connectivity index (χ1n) is 35.3. The fraction of sp³-hybridized carbons (Fsp3) is 0.808. The minimum absolute atomic E-state index is 0.0371. The van der Waals surface area contributed by atoms with Crippen molar-refractivity contribution >= 4 is 19.7 Å². The maximum Gasteiger partial charge on any atom is 0.472 e. The minimum Gasteiger partial charge on any atom is -0.456 e. The van der Waals surface area contributed by atoms with E-state index in [0.717, 1.165) is 89.9 Å². The molecule has 0 spiro atoms. The zero-order chi connectivity index (χ0) is 60.7. The molecule has 10 heteroatoms. The van der Waals surface area contributed by atoms with Gasteiger partial charge >= 0.3 is 13.8 Å². The fourth-order valence-electron chi connectivity index (χ4n) is 10.2. The largest absolute Gasteiger partial charge is 0.472 e. The van der Waals surface area contributed by atoms with E-state index in [2.05, 4.69) is 86.8 Å². The highest BCUT2D eigenvalue weighted by molar-refractivity contribution is 7.47. The molecule has 2 N–H and O–H groups in total. The molecule has 83 heavy (non-hydrogen) atoms. The topological polar surface area (TPSA) is 111 Å². The summed E-state index contributed by atoms with van der Waals surface area (Å²) in [5.74, 6) is -0.511. The minimum atomic E-state index is -4.46. The van der Waals surface area contributed by atoms with Crippen LogP contribution in [0.4, 0.5) is 0 Å². The van der Waals surface area contributed by atoms with Gasteiger partial charge in [-0.2, -0.15) is 0 Å². The van der Waals surface area contributed by atoms with Gasteiger partial charge in [-0.25, -0.2) is 4.57 Å². The van der Waals surface area contributed by atoms with Crippen LogP contribution in [0.2, 0.25) is 0 Å². The average Bonchev–Trinajstić information content (AvgIpc) is 3.51. The lowest BCUT2D eigenvalue weighted by molar-refractivity contribution is -0.870. The number of hydrogen-bond donors (Lipinski definition) is 2. The van der Waals surface area contributed by atoms with Gasteiger partial charge in [0.05, 0.1) is 33.8 Å². The molecule has 0 saturated carbocycles. The van der Waals surface area contributed by atoms with Crippen molar-refractivity contribution in [2.75, 3.05) is 40.9 Å². The van der Waals surface area contributed by atoms with Crippen LogP contribution in [0.5, 0.6) is 0 Å². The predicted octanol–water partition coefficient (Wildman–Crippen LogP) is 22.3. The summed E-state index contributed by atoms with van der Waals surface area (Å²) in [7, 11) is 1.49. The van der Waals surface area contributed by atoms with Crippen LogP contribution in [0.3, 0.4) is 0 Å². The van der Waals surface area contributed by atoms with Crippen molar-refractivity contribution < 1.29 is 37.3 Å². The second kappa shape index (κ2) is 62.5. The van der Waals surface area contributed by atoms with Crippen molar-refractivity contribution in [1.29, 1.82) is 0 Å². The number of phosphoric ester groups is 1. The van der Waals surface area contributed by atoms with Crippen LogP contribution in [-0.2, 0) is 27.9 Å². The van der Waals surface area contributed by atoms with Crippen LogP contribution in [0.1, 0.15) is 329 Å². The van der Waals surface area contributed by atoms with Gasteiger partial charge in [0.1, 0.15) is 19.3 Å². The Kier molecular flexibility index (Phi) is 60.6. The molecule has 0 aliphatic heterocycles. The molecular formula is C73H136N2O7P+. The highest BCUT2D eigenvalue weighted by Crippen LogP contribution is 2.43. The van der Waals surface area contributed by atoms with Gasteiger partial charge in [0, 0.05) is 12.8 Å². The summed E-state index contributed by atoms with van der Waals surface area (Å²) in [6, 6.07) is -0.856. The fourth-order valence-corrected chi connectivity index (χ4v) is 10.9. The highest BCUT2D eigenvalue weighted by Gasteiger charge is 2.30. The van der Waals surface area contributed by atoms with E-state index < -0.39 is 20.0 Å². The van der Waals surface area contributed by atoms with Crippen LogP contribution in [0.25, 0.3) is 0 Å². The van der Waals surface area contributed by atoms with Crippen LogP contribution in [-0.4, -0.2) is 74.3 Å². The molecule has 3 unspecified atom stereocenters. The molecule has 0 aliphatic rings. The molecular weight excluding hydrogens is 1050 g/mol. The molecule has 9 nitrogen and oxygen atoms in total. The van der Waals surface area contributed by atoms with E-state index in [0.29, 0.717) is 17.4 Å². The van der Waals surface area contributed by atoms with Crippen LogP contribution >= 0.6 is 7.82 Å². The Morgan fingerprint density at radius 2 is 0.735 bits per heavy atom. The molecule has 1 amide bonds. The lowest BCUT2D eigenvalue weighted by Crippen LogP contribution is -2.47. The molecule has 0 heterocycles. The average molecular weight is 1180 g/mol. The van der Waals surface area contributed by atoms with Crippen molar-refractivity contribution in [3.8, 4) is 0 Å². The van der Waals surface area contributed by atoms with E-state index in [1.54, 1.807) is 0 Å². The van der Waals surface area contributed by atoms with E-state index in [1.807, 2.05) is 33.3 Å². The first-order valence-corrected chi connectivity index (χ1v) is 36.8. The summed E-state index contributed by atoms with van der Waals surface area (Å²) in [5.41, 5.74) is 0. The van der Waals surface area contributed by atoms with E-state index in [9.17, 15) is 19.0 Å². The normalized spacial score (nSPS) is 14.0. The number of ether oxygens (including phenoxy) is 1. The second-order valence-electron chi connectivity index (χ2n) is 25.0. The van der Waals surface area contributed by atoms with Gasteiger partial charge in [0.2, 0.25) is 5.91 Å². The molecule has 0 aliphatic carbocycles. The number of carbonyl (C=O) groups is 2. The van der Waals surface area contributed by atoms with Crippen LogP contribution in [0, 0.1) is 0 Å². The van der Waals surface area contributed by atoms with Gasteiger partial charge < -0.3 is 19.4 Å². The van der Waals surface area contributed by atoms with Crippen molar-refractivity contribution in [2.24, 2.45) is 0 Å². The second-order valence-corrected chi connectivity index (χ2v) is 26.5. The number of quaternary nitrogens is 1. The number of likely N-dealkylation sites (N-methyl/N-ethyl adjacent to an activating group) is 1. The van der Waals surface area contributed by atoms with Gasteiger partial charge in [-0.1, -0.05) is 287 Å². The number of nitrogens with zero attached hydrogens (tertiary/aromatic N) is 1. The summed E-state index contributed by atoms with van der Waals surface area (Å²) in [5, 5.41) is 3.07. The van der Waals surface area contributed by atoms with E-state index in [4.69, 9.17) is 13.8 Å². The van der Waals surface area contributed by atoms with E-state index in [-0.39, 0.29) is 31.5 Å². The van der Waals surface area contributed by atoms with Gasteiger partial charge in [0.25, 0.3) is 0 Å². The number of rotatable bonds is 64. The Morgan fingerprint density at radius 1 is 0.422 bits per heavy atom. The zero-order valence-electron chi connectivity index (χ0n) is 55.4.